The molecule has 1 saturated carbocycles. The van der Waals surface area contributed by atoms with Gasteiger partial charge in [-0.05, 0) is 56.4 Å². The van der Waals surface area contributed by atoms with Crippen molar-refractivity contribution in [3.05, 3.63) is 45.4 Å². The number of hydrogen-bond acceptors (Lipinski definition) is 2. The van der Waals surface area contributed by atoms with Crippen LogP contribution in [-0.2, 0) is 0 Å². The Bertz CT molecular complexity index is 696. The second-order valence-electron chi connectivity index (χ2n) is 5.50. The van der Waals surface area contributed by atoms with Crippen LogP contribution in [0.3, 0.4) is 0 Å². The van der Waals surface area contributed by atoms with Crippen molar-refractivity contribution < 1.29 is 0 Å². The number of H-pyrrole nitrogens is 1. The first-order chi connectivity index (χ1) is 9.06. The highest BCUT2D eigenvalue weighted by Gasteiger charge is 2.26. The average Bonchev–Trinajstić information content (AvgIpc) is 3.20. The molecule has 1 N–H and O–H groups in total. The van der Waals surface area contributed by atoms with Crippen LogP contribution in [0.15, 0.2) is 18.2 Å². The lowest BCUT2D eigenvalue weighted by Crippen LogP contribution is -1.99. The molecule has 0 bridgehead atoms. The summed E-state index contributed by atoms with van der Waals surface area (Å²) in [5.41, 5.74) is 6.03. The van der Waals surface area contributed by atoms with E-state index in [1.807, 2.05) is 6.92 Å². The zero-order chi connectivity index (χ0) is 13.6. The maximum Gasteiger partial charge on any atom is 0.133 e. The molecule has 0 saturated heterocycles. The summed E-state index contributed by atoms with van der Waals surface area (Å²) in [5.74, 6) is 1.65. The molecule has 1 aliphatic rings. The summed E-state index contributed by atoms with van der Waals surface area (Å²) in [4.78, 5) is 8.02. The largest absolute Gasteiger partial charge is 0.343 e. The average molecular weight is 270 g/mol. The summed E-state index contributed by atoms with van der Waals surface area (Å²) in [6.45, 7) is 6.33. The summed E-state index contributed by atoms with van der Waals surface area (Å²) in [6.07, 6.45) is 2.46. The van der Waals surface area contributed by atoms with Gasteiger partial charge in [0.15, 0.2) is 0 Å². The van der Waals surface area contributed by atoms with Gasteiger partial charge in [-0.25, -0.2) is 4.98 Å². The smallest absolute Gasteiger partial charge is 0.133 e. The van der Waals surface area contributed by atoms with E-state index >= 15 is 0 Å². The SMILES string of the molecule is Cc1ccc(-c2[nH]c(C3CC3)nc(=S)c2C)cc1C. The lowest BCUT2D eigenvalue weighted by molar-refractivity contribution is 0.914. The van der Waals surface area contributed by atoms with Crippen molar-refractivity contribution in [2.75, 3.05) is 0 Å². The van der Waals surface area contributed by atoms with Crippen molar-refractivity contribution in [3.8, 4) is 11.3 Å². The first-order valence-electron chi connectivity index (χ1n) is 6.74. The molecular formula is C16H18N2S. The Labute approximate surface area is 118 Å². The second kappa shape index (κ2) is 4.57. The summed E-state index contributed by atoms with van der Waals surface area (Å²) in [5, 5.41) is 0. The van der Waals surface area contributed by atoms with Crippen molar-refractivity contribution >= 4 is 12.2 Å². The topological polar surface area (TPSA) is 28.7 Å². The number of benzene rings is 1. The predicted octanol–water partition coefficient (Wildman–Crippen LogP) is 4.61. The molecule has 0 spiro atoms. The minimum Gasteiger partial charge on any atom is -0.343 e. The molecule has 19 heavy (non-hydrogen) atoms. The molecule has 3 rings (SSSR count). The van der Waals surface area contributed by atoms with Crippen molar-refractivity contribution in [1.82, 2.24) is 9.97 Å². The minimum atomic E-state index is 0.590. The third kappa shape index (κ3) is 2.35. The van der Waals surface area contributed by atoms with Gasteiger partial charge in [-0.1, -0.05) is 24.4 Å². The lowest BCUT2D eigenvalue weighted by atomic mass is 10.0. The van der Waals surface area contributed by atoms with Crippen LogP contribution in [0.4, 0.5) is 0 Å². The van der Waals surface area contributed by atoms with Gasteiger partial charge < -0.3 is 4.98 Å². The highest BCUT2D eigenvalue weighted by atomic mass is 32.1. The quantitative estimate of drug-likeness (QED) is 0.807. The van der Waals surface area contributed by atoms with Crippen LogP contribution in [0.25, 0.3) is 11.3 Å². The predicted molar refractivity (Wildman–Crippen MR) is 81.0 cm³/mol. The molecule has 0 amide bonds. The van der Waals surface area contributed by atoms with E-state index in [9.17, 15) is 0 Å². The number of hydrogen-bond donors (Lipinski definition) is 1. The van der Waals surface area contributed by atoms with Gasteiger partial charge in [0.1, 0.15) is 10.5 Å². The first kappa shape index (κ1) is 12.5. The highest BCUT2D eigenvalue weighted by molar-refractivity contribution is 7.71. The molecular weight excluding hydrogens is 252 g/mol. The fourth-order valence-electron chi connectivity index (χ4n) is 2.29. The van der Waals surface area contributed by atoms with Gasteiger partial charge in [-0.2, -0.15) is 0 Å². The molecule has 3 heteroatoms. The van der Waals surface area contributed by atoms with E-state index in [0.717, 1.165) is 21.7 Å². The zero-order valence-corrected chi connectivity index (χ0v) is 12.4. The molecule has 0 radical (unpaired) electrons. The normalized spacial score (nSPS) is 14.7. The number of aryl methyl sites for hydroxylation is 2. The Hall–Kier alpha value is -1.48. The Balaban J connectivity index is 2.17. The molecule has 2 aromatic rings. The van der Waals surface area contributed by atoms with Gasteiger partial charge in [0, 0.05) is 11.5 Å². The fourth-order valence-corrected chi connectivity index (χ4v) is 2.49. The Morgan fingerprint density at radius 1 is 1.16 bits per heavy atom. The Morgan fingerprint density at radius 3 is 2.53 bits per heavy atom. The van der Waals surface area contributed by atoms with Gasteiger partial charge in [0.25, 0.3) is 0 Å². The van der Waals surface area contributed by atoms with E-state index in [1.165, 1.54) is 29.5 Å². The number of aromatic nitrogens is 2. The van der Waals surface area contributed by atoms with E-state index in [2.05, 4.69) is 42.0 Å². The molecule has 0 aliphatic heterocycles. The Morgan fingerprint density at radius 2 is 1.89 bits per heavy atom. The van der Waals surface area contributed by atoms with E-state index < -0.39 is 0 Å². The molecule has 2 nitrogen and oxygen atoms in total. The lowest BCUT2D eigenvalue weighted by Gasteiger charge is -2.11. The number of nitrogens with zero attached hydrogens (tertiary/aromatic N) is 1. The van der Waals surface area contributed by atoms with Crippen LogP contribution in [0.2, 0.25) is 0 Å². The van der Waals surface area contributed by atoms with E-state index in [1.54, 1.807) is 0 Å². The van der Waals surface area contributed by atoms with Crippen LogP contribution >= 0.6 is 12.2 Å². The number of nitrogens with one attached hydrogen (secondary N) is 1. The van der Waals surface area contributed by atoms with Crippen molar-refractivity contribution in [2.45, 2.75) is 39.5 Å². The van der Waals surface area contributed by atoms with Crippen molar-refractivity contribution in [2.24, 2.45) is 0 Å². The molecule has 0 atom stereocenters. The van der Waals surface area contributed by atoms with Gasteiger partial charge in [-0.3, -0.25) is 0 Å². The molecule has 1 aromatic carbocycles. The molecule has 1 fully saturated rings. The minimum absolute atomic E-state index is 0.590. The molecule has 1 heterocycles. The monoisotopic (exact) mass is 270 g/mol. The maximum absolute atomic E-state index is 5.40. The standard InChI is InChI=1S/C16H18N2S/c1-9-4-5-13(8-10(9)2)14-11(3)16(19)18-15(17-14)12-6-7-12/h4-5,8,12H,6-7H2,1-3H3,(H,17,18,19). The maximum atomic E-state index is 5.40. The Kier molecular flexibility index (Phi) is 3.02. The van der Waals surface area contributed by atoms with E-state index in [4.69, 9.17) is 12.2 Å². The third-order valence-corrected chi connectivity index (χ3v) is 4.33. The molecule has 0 unspecified atom stereocenters. The molecule has 1 aromatic heterocycles. The van der Waals surface area contributed by atoms with Gasteiger partial charge >= 0.3 is 0 Å². The van der Waals surface area contributed by atoms with Gasteiger partial charge in [0.05, 0.1) is 5.69 Å². The fraction of sp³-hybridized carbons (Fsp3) is 0.375. The van der Waals surface area contributed by atoms with E-state index in [0.29, 0.717) is 5.92 Å². The summed E-state index contributed by atoms with van der Waals surface area (Å²) < 4.78 is 0.730. The summed E-state index contributed by atoms with van der Waals surface area (Å²) >= 11 is 5.40. The van der Waals surface area contributed by atoms with Crippen LogP contribution in [0, 0.1) is 25.4 Å². The molecule has 1 aliphatic carbocycles. The van der Waals surface area contributed by atoms with Crippen molar-refractivity contribution in [1.29, 1.82) is 0 Å². The first-order valence-corrected chi connectivity index (χ1v) is 7.15. The van der Waals surface area contributed by atoms with E-state index in [-0.39, 0.29) is 0 Å². The number of aromatic amines is 1. The van der Waals surface area contributed by atoms with Crippen LogP contribution in [0.1, 0.15) is 41.3 Å². The van der Waals surface area contributed by atoms with Crippen molar-refractivity contribution in [3.63, 3.8) is 0 Å². The summed E-state index contributed by atoms with van der Waals surface area (Å²) in [7, 11) is 0. The van der Waals surface area contributed by atoms with Crippen LogP contribution in [-0.4, -0.2) is 9.97 Å². The van der Waals surface area contributed by atoms with Crippen LogP contribution < -0.4 is 0 Å². The van der Waals surface area contributed by atoms with Crippen LogP contribution in [0.5, 0.6) is 0 Å². The highest BCUT2D eigenvalue weighted by Crippen LogP contribution is 2.39. The molecule has 98 valence electrons. The third-order valence-electron chi connectivity index (χ3n) is 3.93. The number of rotatable bonds is 2. The zero-order valence-electron chi connectivity index (χ0n) is 11.6. The van der Waals surface area contributed by atoms with Gasteiger partial charge in [-0.15, -0.1) is 0 Å². The van der Waals surface area contributed by atoms with Gasteiger partial charge in [0.2, 0.25) is 0 Å². The second-order valence-corrected chi connectivity index (χ2v) is 5.89. The summed E-state index contributed by atoms with van der Waals surface area (Å²) in [6, 6.07) is 6.55.